The monoisotopic (exact) mass is 566 g/mol. The van der Waals surface area contributed by atoms with E-state index in [1.807, 2.05) is 57.1 Å². The molecule has 0 aromatic heterocycles. The minimum Gasteiger partial charge on any atom is -0.497 e. The number of benzene rings is 2. The number of ether oxygens (including phenoxy) is 2. The van der Waals surface area contributed by atoms with Crippen LogP contribution in [0.15, 0.2) is 47.4 Å². The summed E-state index contributed by atoms with van der Waals surface area (Å²) in [5.74, 6) is 0.532. The maximum Gasteiger partial charge on any atom is 0.276 e. The highest BCUT2D eigenvalue weighted by molar-refractivity contribution is 7.97. The van der Waals surface area contributed by atoms with Gasteiger partial charge in [-0.05, 0) is 81.5 Å². The van der Waals surface area contributed by atoms with Gasteiger partial charge in [0.1, 0.15) is 17.6 Å². The highest BCUT2D eigenvalue weighted by atomic mass is 32.2. The van der Waals surface area contributed by atoms with Crippen molar-refractivity contribution in [3.05, 3.63) is 53.6 Å². The maximum absolute atomic E-state index is 12.7. The Morgan fingerprint density at radius 2 is 1.66 bits per heavy atom. The molecule has 0 bridgehead atoms. The molecule has 0 atom stereocenters. The third-order valence-electron chi connectivity index (χ3n) is 5.43. The fourth-order valence-corrected chi connectivity index (χ4v) is 4.71. The van der Waals surface area contributed by atoms with Crippen LogP contribution in [0.4, 0.5) is 0 Å². The molecule has 0 unspecified atom stereocenters. The lowest BCUT2D eigenvalue weighted by atomic mass is 10.1. The Labute approximate surface area is 236 Å². The van der Waals surface area contributed by atoms with Gasteiger partial charge in [-0.3, -0.25) is 14.8 Å². The van der Waals surface area contributed by atoms with E-state index < -0.39 is 5.91 Å². The average Bonchev–Trinajstić information content (AvgIpc) is 2.96. The van der Waals surface area contributed by atoms with E-state index in [0.29, 0.717) is 18.0 Å². The van der Waals surface area contributed by atoms with Crippen LogP contribution in [0.2, 0.25) is 0 Å². The molecule has 2 amide bonds. The van der Waals surface area contributed by atoms with Crippen molar-refractivity contribution in [3.8, 4) is 11.5 Å². The number of methoxy groups -OCH3 is 1. The zero-order valence-electron chi connectivity index (χ0n) is 23.2. The summed E-state index contributed by atoms with van der Waals surface area (Å²) in [7, 11) is 5.46. The van der Waals surface area contributed by atoms with Gasteiger partial charge in [-0.2, -0.15) is 12.6 Å². The van der Waals surface area contributed by atoms with E-state index in [0.717, 1.165) is 37.4 Å². The van der Waals surface area contributed by atoms with E-state index in [1.54, 1.807) is 37.0 Å². The number of nitrogens with one attached hydrogen (secondary N) is 2. The molecule has 0 radical (unpaired) electrons. The topological polar surface area (TPSA) is 103 Å². The Bertz CT molecular complexity index is 968. The van der Waals surface area contributed by atoms with Crippen LogP contribution in [0.5, 0.6) is 11.5 Å². The lowest BCUT2D eigenvalue weighted by Crippen LogP contribution is -2.35. The molecule has 0 spiro atoms. The molecule has 3 rings (SSSR count). The lowest BCUT2D eigenvalue weighted by molar-refractivity contribution is 0.0698. The number of hydrogen-bond acceptors (Lipinski definition) is 9. The summed E-state index contributed by atoms with van der Waals surface area (Å²) in [4.78, 5) is 27.8. The number of hydrogen-bond donors (Lipinski definition) is 4. The Morgan fingerprint density at radius 3 is 2.21 bits per heavy atom. The summed E-state index contributed by atoms with van der Waals surface area (Å²) >= 11 is 4.94. The van der Waals surface area contributed by atoms with E-state index in [4.69, 9.17) is 9.47 Å². The number of rotatable bonds is 10. The van der Waals surface area contributed by atoms with Crippen LogP contribution < -0.4 is 20.3 Å². The Balaban J connectivity index is 0.00000172. The van der Waals surface area contributed by atoms with Gasteiger partial charge in [0.15, 0.2) is 0 Å². The van der Waals surface area contributed by atoms with Crippen molar-refractivity contribution in [2.75, 3.05) is 53.6 Å². The minimum atomic E-state index is -0.710. The van der Waals surface area contributed by atoms with Crippen molar-refractivity contribution in [2.24, 2.45) is 0 Å². The summed E-state index contributed by atoms with van der Waals surface area (Å²) < 4.78 is 13.4. The van der Waals surface area contributed by atoms with Crippen molar-refractivity contribution in [1.82, 2.24) is 20.0 Å². The van der Waals surface area contributed by atoms with E-state index in [2.05, 4.69) is 22.3 Å². The highest BCUT2D eigenvalue weighted by Crippen LogP contribution is 2.32. The van der Waals surface area contributed by atoms with Gasteiger partial charge in [0.2, 0.25) is 0 Å². The van der Waals surface area contributed by atoms with Crippen LogP contribution >= 0.6 is 24.6 Å². The molecule has 0 aliphatic carbocycles. The van der Waals surface area contributed by atoms with Crippen LogP contribution in [-0.2, 0) is 0 Å². The van der Waals surface area contributed by atoms with Gasteiger partial charge < -0.3 is 19.7 Å². The molecule has 1 saturated heterocycles. The zero-order chi connectivity index (χ0) is 28.5. The van der Waals surface area contributed by atoms with E-state index in [-0.39, 0.29) is 23.1 Å². The van der Waals surface area contributed by atoms with Crippen LogP contribution in [0.3, 0.4) is 0 Å². The number of carbonyl (C=O) groups is 2. The molecule has 3 N–H and O–H groups in total. The number of nitrogens with zero attached hydrogens (tertiary/aromatic N) is 2. The summed E-state index contributed by atoms with van der Waals surface area (Å²) in [6.45, 7) is 6.64. The molecule has 11 heteroatoms. The van der Waals surface area contributed by atoms with E-state index >= 15 is 0 Å². The van der Waals surface area contributed by atoms with Gasteiger partial charge in [-0.15, -0.1) is 0 Å². The first-order chi connectivity index (χ1) is 18.4. The fourth-order valence-electron chi connectivity index (χ4n) is 3.60. The van der Waals surface area contributed by atoms with Gasteiger partial charge in [-0.25, -0.2) is 9.79 Å². The van der Waals surface area contributed by atoms with Crippen molar-refractivity contribution in [3.63, 3.8) is 0 Å². The predicted molar refractivity (Wildman–Crippen MR) is 157 cm³/mol. The summed E-state index contributed by atoms with van der Waals surface area (Å²) in [5.41, 5.74) is 2.07. The van der Waals surface area contributed by atoms with Gasteiger partial charge in [0, 0.05) is 31.1 Å². The van der Waals surface area contributed by atoms with Crippen LogP contribution in [0.25, 0.3) is 0 Å². The normalized spacial score (nSPS) is 13.4. The van der Waals surface area contributed by atoms with Gasteiger partial charge in [-0.1, -0.05) is 19.9 Å². The molecule has 1 fully saturated rings. The Kier molecular flexibility index (Phi) is 16.6. The van der Waals surface area contributed by atoms with Crippen LogP contribution in [0.1, 0.15) is 47.4 Å². The van der Waals surface area contributed by atoms with Gasteiger partial charge in [0.25, 0.3) is 11.8 Å². The SMILES string of the molecule is CC.COc1ccc(OC2CCN(Sc3cccc(C(=O)NCCN(C)C)c3C(=O)NO)CC2)cc1.CS. The number of amides is 2. The summed E-state index contributed by atoms with van der Waals surface area (Å²) in [6, 6.07) is 12.7. The second kappa shape index (κ2) is 18.8. The molecular weight excluding hydrogens is 524 g/mol. The Hall–Kier alpha value is -2.44. The molecular formula is C27H42N4O5S2. The average molecular weight is 567 g/mol. The summed E-state index contributed by atoms with van der Waals surface area (Å²) in [5, 5.41) is 12.1. The number of piperidine rings is 1. The number of hydroxylamine groups is 1. The maximum atomic E-state index is 12.7. The first-order valence-electron chi connectivity index (χ1n) is 12.6. The Morgan fingerprint density at radius 1 is 1.05 bits per heavy atom. The molecule has 0 saturated carbocycles. The van der Waals surface area contributed by atoms with Crippen LogP contribution in [-0.4, -0.2) is 86.0 Å². The predicted octanol–water partition coefficient (Wildman–Crippen LogP) is 4.23. The quantitative estimate of drug-likeness (QED) is 0.147. The van der Waals surface area contributed by atoms with Crippen molar-refractivity contribution >= 4 is 36.4 Å². The molecule has 38 heavy (non-hydrogen) atoms. The lowest BCUT2D eigenvalue weighted by Gasteiger charge is -2.31. The molecule has 1 aliphatic heterocycles. The zero-order valence-corrected chi connectivity index (χ0v) is 24.9. The second-order valence-corrected chi connectivity index (χ2v) is 9.33. The van der Waals surface area contributed by atoms with E-state index in [9.17, 15) is 14.8 Å². The number of carbonyl (C=O) groups excluding carboxylic acids is 2. The molecule has 212 valence electrons. The second-order valence-electron chi connectivity index (χ2n) is 8.19. The highest BCUT2D eigenvalue weighted by Gasteiger charge is 2.25. The third kappa shape index (κ3) is 10.7. The molecule has 1 heterocycles. The number of likely N-dealkylation sites (N-methyl/N-ethyl adjacent to an activating group) is 1. The molecule has 2 aromatic carbocycles. The third-order valence-corrected chi connectivity index (χ3v) is 6.59. The summed E-state index contributed by atoms with van der Waals surface area (Å²) in [6.07, 6.45) is 3.44. The number of thiol groups is 1. The first kappa shape index (κ1) is 33.6. The minimum absolute atomic E-state index is 0.0965. The first-order valence-corrected chi connectivity index (χ1v) is 14.3. The van der Waals surface area contributed by atoms with Crippen molar-refractivity contribution < 1.29 is 24.3 Å². The van der Waals surface area contributed by atoms with E-state index in [1.165, 1.54) is 11.9 Å². The van der Waals surface area contributed by atoms with Gasteiger partial charge >= 0.3 is 0 Å². The molecule has 9 nitrogen and oxygen atoms in total. The van der Waals surface area contributed by atoms with Crippen molar-refractivity contribution in [1.29, 1.82) is 0 Å². The van der Waals surface area contributed by atoms with Crippen LogP contribution in [0, 0.1) is 0 Å². The smallest absolute Gasteiger partial charge is 0.276 e. The van der Waals surface area contributed by atoms with Crippen molar-refractivity contribution in [2.45, 2.75) is 37.7 Å². The van der Waals surface area contributed by atoms with Gasteiger partial charge in [0.05, 0.1) is 18.2 Å². The molecule has 1 aliphatic rings. The standard InChI is InChI=1S/C24H32N4O5S.C2H6.CH4S/c1-27(2)16-13-25-23(29)20-5-4-6-21(22(20)24(30)26-31)34-28-14-11-19(12-15-28)33-18-9-7-17(32-3)8-10-18;2*1-2/h4-10,19,31H,11-16H2,1-3H3,(H,25,29)(H,26,30);1-2H3;2H,1H3. The largest absolute Gasteiger partial charge is 0.497 e. The molecule has 2 aromatic rings. The fraction of sp³-hybridized carbons (Fsp3) is 0.481.